The van der Waals surface area contributed by atoms with Crippen LogP contribution in [-0.2, 0) is 14.8 Å². The first-order chi connectivity index (χ1) is 10.9. The Balaban J connectivity index is 2.00. The molecule has 1 aliphatic heterocycles. The van der Waals surface area contributed by atoms with E-state index in [9.17, 15) is 12.8 Å². The van der Waals surface area contributed by atoms with Gasteiger partial charge in [-0.15, -0.1) is 0 Å². The van der Waals surface area contributed by atoms with Crippen molar-refractivity contribution in [3.05, 3.63) is 30.1 Å². The number of sulfonamides is 1. The molecule has 0 spiro atoms. The van der Waals surface area contributed by atoms with Crippen LogP contribution in [0.1, 0.15) is 13.3 Å². The summed E-state index contributed by atoms with van der Waals surface area (Å²) in [4.78, 5) is 2.43. The molecule has 0 bridgehead atoms. The lowest BCUT2D eigenvalue weighted by molar-refractivity contribution is 0.131. The Hall–Kier alpha value is -1.02. The summed E-state index contributed by atoms with van der Waals surface area (Å²) in [5, 5.41) is 0. The third kappa shape index (κ3) is 4.97. The summed E-state index contributed by atoms with van der Waals surface area (Å²) in [7, 11) is -1.86. The second-order valence-corrected chi connectivity index (χ2v) is 8.01. The molecule has 0 amide bonds. The Morgan fingerprint density at radius 2 is 1.87 bits per heavy atom. The van der Waals surface area contributed by atoms with Gasteiger partial charge in [-0.2, -0.15) is 4.31 Å². The van der Waals surface area contributed by atoms with Crippen molar-refractivity contribution in [2.24, 2.45) is 5.92 Å². The molecule has 1 fully saturated rings. The molecule has 0 aliphatic carbocycles. The Kier molecular flexibility index (Phi) is 6.52. The number of rotatable bonds is 6. The van der Waals surface area contributed by atoms with Gasteiger partial charge in [0.2, 0.25) is 10.0 Å². The van der Waals surface area contributed by atoms with Gasteiger partial charge in [0.1, 0.15) is 5.82 Å². The summed E-state index contributed by atoms with van der Waals surface area (Å²) in [6.07, 6.45) is 0.792. The van der Waals surface area contributed by atoms with Crippen molar-refractivity contribution in [3.8, 4) is 0 Å². The van der Waals surface area contributed by atoms with Crippen molar-refractivity contribution in [1.82, 2.24) is 9.21 Å². The zero-order valence-electron chi connectivity index (χ0n) is 13.7. The molecule has 1 atom stereocenters. The molecule has 0 unspecified atom stereocenters. The first-order valence-corrected chi connectivity index (χ1v) is 9.34. The zero-order chi connectivity index (χ0) is 16.9. The minimum absolute atomic E-state index is 0.153. The maximum absolute atomic E-state index is 13.0. The molecule has 1 heterocycles. The lowest BCUT2D eigenvalue weighted by Crippen LogP contribution is -2.36. The van der Waals surface area contributed by atoms with Gasteiger partial charge >= 0.3 is 0 Å². The summed E-state index contributed by atoms with van der Waals surface area (Å²) >= 11 is 0. The van der Waals surface area contributed by atoms with Crippen molar-refractivity contribution in [1.29, 1.82) is 0 Å². The number of hydrogen-bond acceptors (Lipinski definition) is 4. The standard InChI is InChI=1S/C16H25FN2O3S/c1-14(13-22-2)12-18-8-3-9-19(11-10-18)23(20,21)16-6-4-15(17)5-7-16/h4-7,14H,3,8-13H2,1-2H3/t14-/m0/s1. The fourth-order valence-electron chi connectivity index (χ4n) is 2.90. The summed E-state index contributed by atoms with van der Waals surface area (Å²) in [6, 6.07) is 5.02. The molecule has 0 N–H and O–H groups in total. The Bertz CT molecular complexity index is 592. The first kappa shape index (κ1) is 18.3. The molecular formula is C16H25FN2O3S. The normalized spacial score (nSPS) is 19.4. The zero-order valence-corrected chi connectivity index (χ0v) is 14.6. The van der Waals surface area contributed by atoms with Crippen LogP contribution in [0.4, 0.5) is 4.39 Å². The van der Waals surface area contributed by atoms with E-state index in [1.54, 1.807) is 7.11 Å². The van der Waals surface area contributed by atoms with Crippen LogP contribution in [-0.4, -0.2) is 64.1 Å². The number of hydrogen-bond donors (Lipinski definition) is 0. The van der Waals surface area contributed by atoms with Crippen LogP contribution in [0.5, 0.6) is 0 Å². The van der Waals surface area contributed by atoms with E-state index in [0.717, 1.165) is 19.5 Å². The van der Waals surface area contributed by atoms with Gasteiger partial charge < -0.3 is 9.64 Å². The molecule has 7 heteroatoms. The lowest BCUT2D eigenvalue weighted by Gasteiger charge is -2.24. The van der Waals surface area contributed by atoms with Gasteiger partial charge in [0.05, 0.1) is 4.90 Å². The van der Waals surface area contributed by atoms with Gasteiger partial charge in [-0.3, -0.25) is 0 Å². The third-order valence-corrected chi connectivity index (χ3v) is 5.93. The second kappa shape index (κ2) is 8.19. The van der Waals surface area contributed by atoms with E-state index in [1.807, 2.05) is 0 Å². The van der Waals surface area contributed by atoms with Gasteiger partial charge in [-0.25, -0.2) is 12.8 Å². The van der Waals surface area contributed by atoms with Gasteiger partial charge in [-0.05, 0) is 43.1 Å². The predicted octanol–water partition coefficient (Wildman–Crippen LogP) is 1.80. The van der Waals surface area contributed by atoms with Crippen molar-refractivity contribution in [3.63, 3.8) is 0 Å². The molecular weight excluding hydrogens is 319 g/mol. The average Bonchev–Trinajstić information content (AvgIpc) is 2.74. The smallest absolute Gasteiger partial charge is 0.243 e. The van der Waals surface area contributed by atoms with Crippen LogP contribution in [0.25, 0.3) is 0 Å². The summed E-state index contributed by atoms with van der Waals surface area (Å²) in [5.74, 6) is -0.0154. The van der Waals surface area contributed by atoms with Crippen LogP contribution in [0.2, 0.25) is 0 Å². The van der Waals surface area contributed by atoms with Crippen LogP contribution in [0.15, 0.2) is 29.2 Å². The lowest BCUT2D eigenvalue weighted by atomic mass is 10.2. The van der Waals surface area contributed by atoms with Gasteiger partial charge in [-0.1, -0.05) is 6.92 Å². The maximum Gasteiger partial charge on any atom is 0.243 e. The Morgan fingerprint density at radius 1 is 1.17 bits per heavy atom. The summed E-state index contributed by atoms with van der Waals surface area (Å²) < 4.78 is 44.9. The van der Waals surface area contributed by atoms with E-state index in [0.29, 0.717) is 32.2 Å². The number of methoxy groups -OCH3 is 1. The molecule has 0 saturated carbocycles. The fourth-order valence-corrected chi connectivity index (χ4v) is 4.37. The molecule has 23 heavy (non-hydrogen) atoms. The summed E-state index contributed by atoms with van der Waals surface area (Å²) in [5.41, 5.74) is 0. The first-order valence-electron chi connectivity index (χ1n) is 7.90. The van der Waals surface area contributed by atoms with Crippen molar-refractivity contribution >= 4 is 10.0 Å². The Morgan fingerprint density at radius 3 is 2.52 bits per heavy atom. The topological polar surface area (TPSA) is 49.9 Å². The number of ether oxygens (including phenoxy) is 1. The molecule has 1 saturated heterocycles. The van der Waals surface area contributed by atoms with E-state index in [4.69, 9.17) is 4.74 Å². The monoisotopic (exact) mass is 344 g/mol. The molecule has 1 aromatic rings. The van der Waals surface area contributed by atoms with Crippen molar-refractivity contribution in [2.45, 2.75) is 18.2 Å². The summed E-state index contributed by atoms with van der Waals surface area (Å²) in [6.45, 7) is 6.26. The maximum atomic E-state index is 13.0. The van der Waals surface area contributed by atoms with E-state index in [-0.39, 0.29) is 4.90 Å². The van der Waals surface area contributed by atoms with Crippen LogP contribution >= 0.6 is 0 Å². The van der Waals surface area contributed by atoms with Crippen molar-refractivity contribution < 1.29 is 17.5 Å². The molecule has 130 valence electrons. The molecule has 0 aromatic heterocycles. The van der Waals surface area contributed by atoms with Gasteiger partial charge in [0, 0.05) is 39.9 Å². The van der Waals surface area contributed by atoms with Gasteiger partial charge in [0.25, 0.3) is 0 Å². The van der Waals surface area contributed by atoms with Crippen LogP contribution in [0.3, 0.4) is 0 Å². The number of halogens is 1. The van der Waals surface area contributed by atoms with Crippen LogP contribution in [0, 0.1) is 11.7 Å². The average molecular weight is 344 g/mol. The van der Waals surface area contributed by atoms with Crippen molar-refractivity contribution in [2.75, 3.05) is 46.4 Å². The number of benzene rings is 1. The van der Waals surface area contributed by atoms with Gasteiger partial charge in [0.15, 0.2) is 0 Å². The molecule has 0 radical (unpaired) electrons. The Labute approximate surface area is 138 Å². The quantitative estimate of drug-likeness (QED) is 0.790. The SMILES string of the molecule is COC[C@@H](C)CN1CCCN(S(=O)(=O)c2ccc(F)cc2)CC1. The molecule has 2 rings (SSSR count). The second-order valence-electron chi connectivity index (χ2n) is 6.07. The highest BCUT2D eigenvalue weighted by molar-refractivity contribution is 7.89. The highest BCUT2D eigenvalue weighted by Crippen LogP contribution is 2.18. The van der Waals surface area contributed by atoms with E-state index in [1.165, 1.54) is 28.6 Å². The molecule has 1 aromatic carbocycles. The largest absolute Gasteiger partial charge is 0.384 e. The minimum atomic E-state index is -3.55. The number of nitrogens with zero attached hydrogens (tertiary/aromatic N) is 2. The predicted molar refractivity (Wildman–Crippen MR) is 87.3 cm³/mol. The molecule has 1 aliphatic rings. The minimum Gasteiger partial charge on any atom is -0.384 e. The fraction of sp³-hybridized carbons (Fsp3) is 0.625. The van der Waals surface area contributed by atoms with E-state index < -0.39 is 15.8 Å². The third-order valence-electron chi connectivity index (χ3n) is 4.02. The van der Waals surface area contributed by atoms with E-state index in [2.05, 4.69) is 11.8 Å². The van der Waals surface area contributed by atoms with E-state index >= 15 is 0 Å². The highest BCUT2D eigenvalue weighted by atomic mass is 32.2. The molecule has 5 nitrogen and oxygen atoms in total. The highest BCUT2D eigenvalue weighted by Gasteiger charge is 2.27. The van der Waals surface area contributed by atoms with Crippen LogP contribution < -0.4 is 0 Å².